The maximum absolute atomic E-state index is 11.0. The Morgan fingerprint density at radius 2 is 2.11 bits per heavy atom. The SMILES string of the molecule is COc1cccc(NCCS(C)(=O)=O)c1[N+](=O)[O-]. The highest BCUT2D eigenvalue weighted by atomic mass is 32.2. The van der Waals surface area contributed by atoms with E-state index in [2.05, 4.69) is 5.32 Å². The number of rotatable bonds is 6. The highest BCUT2D eigenvalue weighted by Gasteiger charge is 2.20. The fourth-order valence-corrected chi connectivity index (χ4v) is 1.86. The van der Waals surface area contributed by atoms with Crippen LogP contribution in [0.25, 0.3) is 0 Å². The molecule has 8 heteroatoms. The average Bonchev–Trinajstić information content (AvgIpc) is 2.26. The number of ether oxygens (including phenoxy) is 1. The van der Waals surface area contributed by atoms with Gasteiger partial charge in [0.25, 0.3) is 0 Å². The molecule has 1 aromatic carbocycles. The zero-order valence-electron chi connectivity index (χ0n) is 10.0. The molecule has 7 nitrogen and oxygen atoms in total. The third kappa shape index (κ3) is 3.88. The molecule has 1 N–H and O–H groups in total. The Morgan fingerprint density at radius 1 is 1.44 bits per heavy atom. The summed E-state index contributed by atoms with van der Waals surface area (Å²) in [6.45, 7) is 0.104. The fourth-order valence-electron chi connectivity index (χ4n) is 1.39. The van der Waals surface area contributed by atoms with E-state index in [1.54, 1.807) is 6.07 Å². The second kappa shape index (κ2) is 5.67. The van der Waals surface area contributed by atoms with Crippen LogP contribution in [-0.4, -0.2) is 39.0 Å². The monoisotopic (exact) mass is 274 g/mol. The summed E-state index contributed by atoms with van der Waals surface area (Å²) in [5, 5.41) is 13.7. The molecule has 18 heavy (non-hydrogen) atoms. The summed E-state index contributed by atoms with van der Waals surface area (Å²) in [5.41, 5.74) is 0.0384. The van der Waals surface area contributed by atoms with Gasteiger partial charge in [0.15, 0.2) is 5.75 Å². The number of nitro groups is 1. The van der Waals surface area contributed by atoms with Crippen LogP contribution in [0, 0.1) is 10.1 Å². The first-order valence-electron chi connectivity index (χ1n) is 5.08. The molecule has 0 saturated heterocycles. The van der Waals surface area contributed by atoms with Gasteiger partial charge in [0.2, 0.25) is 0 Å². The minimum Gasteiger partial charge on any atom is -0.490 e. The number of hydrogen-bond acceptors (Lipinski definition) is 6. The van der Waals surface area contributed by atoms with Gasteiger partial charge in [-0.3, -0.25) is 10.1 Å². The lowest BCUT2D eigenvalue weighted by Crippen LogP contribution is -2.15. The molecule has 0 aliphatic heterocycles. The number of anilines is 1. The van der Waals surface area contributed by atoms with Gasteiger partial charge in [0, 0.05) is 12.8 Å². The molecule has 0 amide bonds. The Bertz CT molecular complexity index is 541. The topological polar surface area (TPSA) is 98.5 Å². The molecular weight excluding hydrogens is 260 g/mol. The van der Waals surface area contributed by atoms with Gasteiger partial charge in [-0.05, 0) is 12.1 Å². The predicted molar refractivity (Wildman–Crippen MR) is 67.8 cm³/mol. The first-order valence-corrected chi connectivity index (χ1v) is 7.14. The van der Waals surface area contributed by atoms with Crippen molar-refractivity contribution in [3.05, 3.63) is 28.3 Å². The van der Waals surface area contributed by atoms with Gasteiger partial charge in [-0.1, -0.05) is 6.07 Å². The lowest BCUT2D eigenvalue weighted by molar-refractivity contribution is -0.384. The van der Waals surface area contributed by atoms with E-state index in [1.807, 2.05) is 0 Å². The van der Waals surface area contributed by atoms with Crippen LogP contribution in [0.1, 0.15) is 0 Å². The van der Waals surface area contributed by atoms with Crippen LogP contribution in [0.2, 0.25) is 0 Å². The van der Waals surface area contributed by atoms with E-state index in [1.165, 1.54) is 19.2 Å². The van der Waals surface area contributed by atoms with E-state index in [-0.39, 0.29) is 29.4 Å². The second-order valence-corrected chi connectivity index (χ2v) is 5.93. The third-order valence-corrected chi connectivity index (χ3v) is 3.14. The average molecular weight is 274 g/mol. The number of benzene rings is 1. The Kier molecular flexibility index (Phi) is 4.49. The zero-order valence-corrected chi connectivity index (χ0v) is 10.9. The van der Waals surface area contributed by atoms with Gasteiger partial charge in [0.05, 0.1) is 17.8 Å². The Labute approximate surface area is 105 Å². The van der Waals surface area contributed by atoms with E-state index in [4.69, 9.17) is 4.74 Å². The van der Waals surface area contributed by atoms with E-state index in [0.29, 0.717) is 0 Å². The fraction of sp³-hybridized carbons (Fsp3) is 0.400. The van der Waals surface area contributed by atoms with Crippen LogP contribution >= 0.6 is 0 Å². The summed E-state index contributed by atoms with van der Waals surface area (Å²) in [7, 11) is -1.77. The van der Waals surface area contributed by atoms with Crippen molar-refractivity contribution < 1.29 is 18.1 Å². The first kappa shape index (κ1) is 14.2. The summed E-state index contributed by atoms with van der Waals surface area (Å²) in [4.78, 5) is 10.4. The maximum atomic E-state index is 11.0. The molecule has 0 spiro atoms. The van der Waals surface area contributed by atoms with E-state index < -0.39 is 14.8 Å². The van der Waals surface area contributed by atoms with Crippen molar-refractivity contribution in [1.29, 1.82) is 0 Å². The van der Waals surface area contributed by atoms with Gasteiger partial charge in [-0.2, -0.15) is 0 Å². The molecule has 0 saturated carbocycles. The number of hydrogen-bond donors (Lipinski definition) is 1. The van der Waals surface area contributed by atoms with E-state index >= 15 is 0 Å². The summed E-state index contributed by atoms with van der Waals surface area (Å²) >= 11 is 0. The van der Waals surface area contributed by atoms with Crippen LogP contribution in [0.5, 0.6) is 5.75 Å². The number of sulfone groups is 1. The molecule has 0 radical (unpaired) electrons. The number of methoxy groups -OCH3 is 1. The zero-order chi connectivity index (χ0) is 13.8. The van der Waals surface area contributed by atoms with Crippen molar-refractivity contribution >= 4 is 21.2 Å². The van der Waals surface area contributed by atoms with Crippen LogP contribution < -0.4 is 10.1 Å². The normalized spacial score (nSPS) is 11.0. The highest BCUT2D eigenvalue weighted by molar-refractivity contribution is 7.90. The largest absolute Gasteiger partial charge is 0.490 e. The molecule has 1 aromatic rings. The Hall–Kier alpha value is -1.83. The van der Waals surface area contributed by atoms with Crippen LogP contribution in [0.15, 0.2) is 18.2 Å². The van der Waals surface area contributed by atoms with Crippen molar-refractivity contribution in [1.82, 2.24) is 0 Å². The Morgan fingerprint density at radius 3 is 2.61 bits per heavy atom. The van der Waals surface area contributed by atoms with Gasteiger partial charge < -0.3 is 10.1 Å². The van der Waals surface area contributed by atoms with Crippen molar-refractivity contribution in [2.24, 2.45) is 0 Å². The smallest absolute Gasteiger partial charge is 0.333 e. The molecule has 0 heterocycles. The lowest BCUT2D eigenvalue weighted by atomic mass is 10.2. The van der Waals surface area contributed by atoms with Crippen molar-refractivity contribution in [3.63, 3.8) is 0 Å². The van der Waals surface area contributed by atoms with Crippen molar-refractivity contribution in [2.75, 3.05) is 31.0 Å². The molecule has 100 valence electrons. The second-order valence-electron chi connectivity index (χ2n) is 3.67. The summed E-state index contributed by atoms with van der Waals surface area (Å²) in [6.07, 6.45) is 1.11. The molecule has 0 bridgehead atoms. The Balaban J connectivity index is 2.92. The number of nitrogens with zero attached hydrogens (tertiary/aromatic N) is 1. The minimum atomic E-state index is -3.11. The molecule has 0 aromatic heterocycles. The van der Waals surface area contributed by atoms with Crippen LogP contribution in [0.3, 0.4) is 0 Å². The van der Waals surface area contributed by atoms with Crippen LogP contribution in [0.4, 0.5) is 11.4 Å². The molecule has 0 fully saturated rings. The predicted octanol–water partition coefficient (Wildman–Crippen LogP) is 1.06. The van der Waals surface area contributed by atoms with Crippen molar-refractivity contribution in [3.8, 4) is 5.75 Å². The van der Waals surface area contributed by atoms with Gasteiger partial charge in [-0.15, -0.1) is 0 Å². The molecule has 0 unspecified atom stereocenters. The third-order valence-electron chi connectivity index (χ3n) is 2.19. The quantitative estimate of drug-likeness (QED) is 0.615. The number of para-hydroxylation sites is 1. The molecule has 0 aliphatic rings. The van der Waals surface area contributed by atoms with E-state index in [0.717, 1.165) is 6.26 Å². The molecule has 0 aliphatic carbocycles. The van der Waals surface area contributed by atoms with Gasteiger partial charge >= 0.3 is 5.69 Å². The standard InChI is InChI=1S/C10H14N2O5S/c1-17-9-5-3-4-8(10(9)12(13)14)11-6-7-18(2,15)16/h3-5,11H,6-7H2,1-2H3. The maximum Gasteiger partial charge on any atom is 0.333 e. The summed E-state index contributed by atoms with van der Waals surface area (Å²) in [6, 6.07) is 4.57. The molecule has 1 rings (SSSR count). The van der Waals surface area contributed by atoms with Crippen molar-refractivity contribution in [2.45, 2.75) is 0 Å². The van der Waals surface area contributed by atoms with E-state index in [9.17, 15) is 18.5 Å². The van der Waals surface area contributed by atoms with Gasteiger partial charge in [0.1, 0.15) is 15.5 Å². The molecular formula is C10H14N2O5S. The first-order chi connectivity index (χ1) is 8.35. The van der Waals surface area contributed by atoms with Gasteiger partial charge in [-0.25, -0.2) is 8.42 Å². The lowest BCUT2D eigenvalue weighted by Gasteiger charge is -2.08. The minimum absolute atomic E-state index is 0.0959. The number of nitro benzene ring substituents is 1. The summed E-state index contributed by atoms with van der Waals surface area (Å²) < 4.78 is 26.8. The molecule has 0 atom stereocenters. The van der Waals surface area contributed by atoms with Crippen LogP contribution in [-0.2, 0) is 9.84 Å². The summed E-state index contributed by atoms with van der Waals surface area (Å²) in [5.74, 6) is 0.0332. The number of nitrogens with one attached hydrogen (secondary N) is 1. The highest BCUT2D eigenvalue weighted by Crippen LogP contribution is 2.34.